The minimum Gasteiger partial charge on any atom is -0.455 e. The Bertz CT molecular complexity index is 598. The lowest BCUT2D eigenvalue weighted by Crippen LogP contribution is -2.47. The van der Waals surface area contributed by atoms with Gasteiger partial charge in [-0.1, -0.05) is 6.92 Å². The smallest absolute Gasteiger partial charge is 0.289 e. The number of furan rings is 1. The third-order valence-electron chi connectivity index (χ3n) is 6.41. The maximum atomic E-state index is 12.9. The number of hydrogen-bond donors (Lipinski definition) is 1. The zero-order valence-corrected chi connectivity index (χ0v) is 15.4. The molecule has 1 spiro atoms. The molecule has 4 heterocycles. The lowest BCUT2D eigenvalue weighted by Gasteiger charge is -2.39. The van der Waals surface area contributed by atoms with Gasteiger partial charge >= 0.3 is 0 Å². The summed E-state index contributed by atoms with van der Waals surface area (Å²) in [6.45, 7) is 9.29. The van der Waals surface area contributed by atoms with Gasteiger partial charge in [0.2, 0.25) is 0 Å². The van der Waals surface area contributed by atoms with Crippen molar-refractivity contribution in [2.24, 2.45) is 11.3 Å². The fourth-order valence-electron chi connectivity index (χ4n) is 4.70. The van der Waals surface area contributed by atoms with Crippen molar-refractivity contribution < 1.29 is 9.21 Å². The van der Waals surface area contributed by atoms with Gasteiger partial charge in [-0.25, -0.2) is 0 Å². The van der Waals surface area contributed by atoms with E-state index in [1.165, 1.54) is 25.7 Å². The van der Waals surface area contributed by atoms with Gasteiger partial charge in [-0.15, -0.1) is 0 Å². The topological polar surface area (TPSA) is 48.7 Å². The molecule has 3 aliphatic heterocycles. The van der Waals surface area contributed by atoms with Crippen LogP contribution in [-0.4, -0.2) is 55.0 Å². The van der Waals surface area contributed by atoms with Crippen LogP contribution in [-0.2, 0) is 6.54 Å². The zero-order chi connectivity index (χ0) is 17.3. The van der Waals surface area contributed by atoms with Crippen LogP contribution in [0.5, 0.6) is 0 Å². The summed E-state index contributed by atoms with van der Waals surface area (Å²) in [5.41, 5.74) is 0.299. The van der Waals surface area contributed by atoms with Gasteiger partial charge in [-0.3, -0.25) is 9.69 Å². The van der Waals surface area contributed by atoms with Gasteiger partial charge in [0.1, 0.15) is 5.76 Å². The number of carbonyl (C=O) groups excluding carboxylic acids is 1. The average Bonchev–Trinajstić information content (AvgIpc) is 3.26. The second-order valence-corrected chi connectivity index (χ2v) is 8.48. The Balaban J connectivity index is 1.37. The van der Waals surface area contributed by atoms with Crippen molar-refractivity contribution in [2.45, 2.75) is 45.6 Å². The molecule has 0 saturated carbocycles. The van der Waals surface area contributed by atoms with Crippen molar-refractivity contribution in [3.8, 4) is 0 Å². The quantitative estimate of drug-likeness (QED) is 0.915. The van der Waals surface area contributed by atoms with Gasteiger partial charge in [0, 0.05) is 25.0 Å². The van der Waals surface area contributed by atoms with Crippen LogP contribution < -0.4 is 5.32 Å². The van der Waals surface area contributed by atoms with Gasteiger partial charge in [-0.05, 0) is 69.8 Å². The van der Waals surface area contributed by atoms with Gasteiger partial charge in [0.25, 0.3) is 5.91 Å². The van der Waals surface area contributed by atoms with E-state index in [9.17, 15) is 4.79 Å². The molecule has 138 valence electrons. The van der Waals surface area contributed by atoms with Gasteiger partial charge in [0.15, 0.2) is 5.76 Å². The van der Waals surface area contributed by atoms with E-state index in [1.54, 1.807) is 0 Å². The molecule has 1 atom stereocenters. The number of nitrogens with zero attached hydrogens (tertiary/aromatic N) is 2. The van der Waals surface area contributed by atoms with E-state index < -0.39 is 0 Å². The summed E-state index contributed by atoms with van der Waals surface area (Å²) >= 11 is 0. The van der Waals surface area contributed by atoms with Gasteiger partial charge in [0.05, 0.1) is 6.54 Å². The largest absolute Gasteiger partial charge is 0.455 e. The van der Waals surface area contributed by atoms with Gasteiger partial charge in [-0.2, -0.15) is 0 Å². The molecule has 3 fully saturated rings. The first-order chi connectivity index (χ1) is 12.1. The summed E-state index contributed by atoms with van der Waals surface area (Å²) in [6.07, 6.45) is 6.05. The van der Waals surface area contributed by atoms with Crippen LogP contribution in [0.1, 0.15) is 55.3 Å². The first kappa shape index (κ1) is 17.1. The maximum absolute atomic E-state index is 12.9. The van der Waals surface area contributed by atoms with Crippen LogP contribution in [0.3, 0.4) is 0 Å². The molecule has 5 heteroatoms. The molecule has 0 aromatic carbocycles. The normalized spacial score (nSPS) is 28.8. The van der Waals surface area contributed by atoms with E-state index in [-0.39, 0.29) is 5.91 Å². The Morgan fingerprint density at radius 3 is 2.88 bits per heavy atom. The van der Waals surface area contributed by atoms with Crippen molar-refractivity contribution >= 4 is 5.91 Å². The molecule has 0 radical (unpaired) electrons. The molecule has 1 amide bonds. The van der Waals surface area contributed by atoms with Crippen molar-refractivity contribution in [3.63, 3.8) is 0 Å². The fourth-order valence-corrected chi connectivity index (χ4v) is 4.70. The highest BCUT2D eigenvalue weighted by Gasteiger charge is 2.39. The van der Waals surface area contributed by atoms with Crippen LogP contribution in [0, 0.1) is 11.3 Å². The van der Waals surface area contributed by atoms with Crippen LogP contribution in [0.4, 0.5) is 0 Å². The Morgan fingerprint density at radius 2 is 2.12 bits per heavy atom. The van der Waals surface area contributed by atoms with Crippen molar-refractivity contribution in [2.75, 3.05) is 39.3 Å². The monoisotopic (exact) mass is 345 g/mol. The molecule has 3 saturated heterocycles. The van der Waals surface area contributed by atoms with E-state index in [1.807, 2.05) is 17.0 Å². The number of nitrogens with one attached hydrogen (secondary N) is 1. The third-order valence-corrected chi connectivity index (χ3v) is 6.41. The van der Waals surface area contributed by atoms with Crippen LogP contribution in [0.25, 0.3) is 0 Å². The van der Waals surface area contributed by atoms with E-state index in [0.717, 1.165) is 63.9 Å². The van der Waals surface area contributed by atoms with E-state index >= 15 is 0 Å². The molecule has 4 rings (SSSR count). The van der Waals surface area contributed by atoms with E-state index in [4.69, 9.17) is 4.42 Å². The highest BCUT2D eigenvalue weighted by molar-refractivity contribution is 5.91. The first-order valence-corrected chi connectivity index (χ1v) is 9.95. The molecular formula is C20H31N3O2. The fraction of sp³-hybridized carbons (Fsp3) is 0.750. The molecule has 1 N–H and O–H groups in total. The van der Waals surface area contributed by atoms with E-state index in [0.29, 0.717) is 11.2 Å². The standard InChI is InChI=1S/C20H31N3O2/c1-16-5-11-22(12-6-16)13-17-3-4-18(25-17)19(24)23-10-2-7-20(15-23)8-9-21-14-20/h3-4,16,21H,2,5-15H2,1H3/t20-/m1/s1. The average molecular weight is 345 g/mol. The Hall–Kier alpha value is -1.33. The predicted molar refractivity (Wildman–Crippen MR) is 97.4 cm³/mol. The van der Waals surface area contributed by atoms with Crippen molar-refractivity contribution in [1.82, 2.24) is 15.1 Å². The number of hydrogen-bond acceptors (Lipinski definition) is 4. The SMILES string of the molecule is CC1CCN(Cc2ccc(C(=O)N3CCC[C@]4(CCNC4)C3)o2)CC1. The molecule has 0 bridgehead atoms. The Morgan fingerprint density at radius 1 is 1.28 bits per heavy atom. The summed E-state index contributed by atoms with van der Waals surface area (Å²) in [7, 11) is 0. The predicted octanol–water partition coefficient (Wildman–Crippen LogP) is 2.73. The van der Waals surface area contributed by atoms with Crippen LogP contribution in [0.15, 0.2) is 16.5 Å². The lowest BCUT2D eigenvalue weighted by molar-refractivity contribution is 0.0519. The number of likely N-dealkylation sites (tertiary alicyclic amines) is 2. The van der Waals surface area contributed by atoms with Crippen molar-refractivity contribution in [1.29, 1.82) is 0 Å². The maximum Gasteiger partial charge on any atom is 0.289 e. The number of carbonyl (C=O) groups is 1. The van der Waals surface area contributed by atoms with Crippen molar-refractivity contribution in [3.05, 3.63) is 23.7 Å². The number of amides is 1. The Kier molecular flexibility index (Phi) is 4.87. The minimum absolute atomic E-state index is 0.0736. The summed E-state index contributed by atoms with van der Waals surface area (Å²) < 4.78 is 5.93. The molecule has 0 unspecified atom stereocenters. The molecule has 1 aromatic heterocycles. The Labute approximate surface area is 150 Å². The molecule has 25 heavy (non-hydrogen) atoms. The highest BCUT2D eigenvalue weighted by atomic mass is 16.4. The molecule has 5 nitrogen and oxygen atoms in total. The minimum atomic E-state index is 0.0736. The summed E-state index contributed by atoms with van der Waals surface area (Å²) in [4.78, 5) is 17.3. The van der Waals surface area contributed by atoms with Gasteiger partial charge < -0.3 is 14.6 Å². The van der Waals surface area contributed by atoms with E-state index in [2.05, 4.69) is 17.1 Å². The second kappa shape index (κ2) is 7.12. The lowest BCUT2D eigenvalue weighted by atomic mass is 9.79. The van der Waals surface area contributed by atoms with Crippen LogP contribution >= 0.6 is 0 Å². The second-order valence-electron chi connectivity index (χ2n) is 8.48. The summed E-state index contributed by atoms with van der Waals surface area (Å²) in [5, 5.41) is 3.47. The molecule has 0 aliphatic carbocycles. The molecule has 1 aromatic rings. The van der Waals surface area contributed by atoms with Crippen LogP contribution in [0.2, 0.25) is 0 Å². The molecular weight excluding hydrogens is 314 g/mol. The summed E-state index contributed by atoms with van der Waals surface area (Å²) in [6, 6.07) is 3.86. The molecule has 3 aliphatic rings. The highest BCUT2D eigenvalue weighted by Crippen LogP contribution is 2.36. The third kappa shape index (κ3) is 3.77. The number of piperidine rings is 2. The first-order valence-electron chi connectivity index (χ1n) is 9.95. The number of rotatable bonds is 3. The summed E-state index contributed by atoms with van der Waals surface area (Å²) in [5.74, 6) is 2.35. The zero-order valence-electron chi connectivity index (χ0n) is 15.4.